The summed E-state index contributed by atoms with van der Waals surface area (Å²) in [6.45, 7) is 0. The van der Waals surface area contributed by atoms with Gasteiger partial charge in [-0.15, -0.1) is 0 Å². The molecular formula is C16H10FN3O4. The first-order valence-corrected chi connectivity index (χ1v) is 6.80. The number of rotatable bonds is 4. The molecule has 1 amide bonds. The summed E-state index contributed by atoms with van der Waals surface area (Å²) in [5.74, 6) is -0.999. The first-order valence-electron chi connectivity index (χ1n) is 6.80. The van der Waals surface area contributed by atoms with E-state index in [1.54, 1.807) is 0 Å². The number of halogens is 1. The van der Waals surface area contributed by atoms with Gasteiger partial charge < -0.3 is 4.42 Å². The zero-order valence-electron chi connectivity index (χ0n) is 12.1. The number of nitro groups is 1. The lowest BCUT2D eigenvalue weighted by Crippen LogP contribution is -2.16. The summed E-state index contributed by atoms with van der Waals surface area (Å²) in [7, 11) is 0. The highest BCUT2D eigenvalue weighted by molar-refractivity contribution is 5.96. The van der Waals surface area contributed by atoms with E-state index in [4.69, 9.17) is 4.42 Å². The molecule has 1 N–H and O–H groups in total. The van der Waals surface area contributed by atoms with Crippen molar-refractivity contribution in [3.8, 4) is 0 Å². The number of hydrogen-bond acceptors (Lipinski definition) is 5. The van der Waals surface area contributed by atoms with Crippen molar-refractivity contribution in [2.75, 3.05) is 0 Å². The Morgan fingerprint density at radius 3 is 2.67 bits per heavy atom. The first-order chi connectivity index (χ1) is 11.5. The van der Waals surface area contributed by atoms with E-state index in [-0.39, 0.29) is 17.3 Å². The molecule has 24 heavy (non-hydrogen) atoms. The van der Waals surface area contributed by atoms with Crippen LogP contribution in [0.4, 0.5) is 10.1 Å². The third kappa shape index (κ3) is 3.27. The third-order valence-corrected chi connectivity index (χ3v) is 3.18. The van der Waals surface area contributed by atoms with Gasteiger partial charge >= 0.3 is 5.91 Å². The van der Waals surface area contributed by atoms with Gasteiger partial charge in [0.1, 0.15) is 11.4 Å². The molecular weight excluding hydrogens is 317 g/mol. The molecule has 120 valence electrons. The summed E-state index contributed by atoms with van der Waals surface area (Å²) in [5, 5.41) is 14.9. The van der Waals surface area contributed by atoms with Crippen LogP contribution < -0.4 is 5.43 Å². The minimum Gasteiger partial charge on any atom is -0.451 e. The maximum absolute atomic E-state index is 12.8. The molecule has 7 nitrogen and oxygen atoms in total. The molecule has 0 radical (unpaired) electrons. The molecule has 0 saturated heterocycles. The van der Waals surface area contributed by atoms with Gasteiger partial charge in [0.15, 0.2) is 5.76 Å². The number of carbonyl (C=O) groups excluding carboxylic acids is 1. The van der Waals surface area contributed by atoms with Gasteiger partial charge in [-0.05, 0) is 29.8 Å². The van der Waals surface area contributed by atoms with Gasteiger partial charge in [0.2, 0.25) is 0 Å². The molecule has 1 aromatic heterocycles. The van der Waals surface area contributed by atoms with Crippen LogP contribution in [-0.2, 0) is 0 Å². The molecule has 0 fully saturated rings. The highest BCUT2D eigenvalue weighted by Gasteiger charge is 2.14. The molecule has 0 unspecified atom stereocenters. The molecule has 0 aliphatic rings. The fourth-order valence-corrected chi connectivity index (χ4v) is 2.03. The van der Waals surface area contributed by atoms with Crippen LogP contribution in [0.5, 0.6) is 0 Å². The summed E-state index contributed by atoms with van der Waals surface area (Å²) in [6.07, 6.45) is 1.35. The van der Waals surface area contributed by atoms with Gasteiger partial charge in [-0.3, -0.25) is 14.9 Å². The quantitative estimate of drug-likeness (QED) is 0.452. The van der Waals surface area contributed by atoms with Crippen LogP contribution in [0.2, 0.25) is 0 Å². The largest absolute Gasteiger partial charge is 0.451 e. The maximum Gasteiger partial charge on any atom is 0.307 e. The van der Waals surface area contributed by atoms with Gasteiger partial charge in [-0.1, -0.05) is 12.1 Å². The summed E-state index contributed by atoms with van der Waals surface area (Å²) in [4.78, 5) is 22.2. The number of fused-ring (bicyclic) bond motifs is 1. The Kier molecular flexibility index (Phi) is 4.02. The molecule has 1 heterocycles. The van der Waals surface area contributed by atoms with Crippen LogP contribution >= 0.6 is 0 Å². The number of hydrazone groups is 1. The Bertz CT molecular complexity index is 948. The van der Waals surface area contributed by atoms with Gasteiger partial charge in [0, 0.05) is 17.5 Å². The highest BCUT2D eigenvalue weighted by atomic mass is 19.1. The second-order valence-electron chi connectivity index (χ2n) is 4.84. The lowest BCUT2D eigenvalue weighted by atomic mass is 10.2. The number of furan rings is 1. The lowest BCUT2D eigenvalue weighted by Gasteiger charge is -1.95. The van der Waals surface area contributed by atoms with Crippen LogP contribution in [0.25, 0.3) is 11.0 Å². The Labute approximate surface area is 134 Å². The fourth-order valence-electron chi connectivity index (χ4n) is 2.03. The predicted octanol–water partition coefficient (Wildman–Crippen LogP) is 3.24. The first kappa shape index (κ1) is 15.3. The van der Waals surface area contributed by atoms with Gasteiger partial charge in [0.05, 0.1) is 11.1 Å². The smallest absolute Gasteiger partial charge is 0.307 e. The summed E-state index contributed by atoms with van der Waals surface area (Å²) >= 11 is 0. The van der Waals surface area contributed by atoms with E-state index in [0.29, 0.717) is 16.5 Å². The number of carbonyl (C=O) groups is 1. The monoisotopic (exact) mass is 327 g/mol. The number of nitrogens with zero attached hydrogens (tertiary/aromatic N) is 2. The van der Waals surface area contributed by atoms with Crippen LogP contribution in [0.3, 0.4) is 0 Å². The summed E-state index contributed by atoms with van der Waals surface area (Å²) in [5.41, 5.74) is 3.14. The van der Waals surface area contributed by atoms with Crippen LogP contribution in [0.15, 0.2) is 58.0 Å². The fraction of sp³-hybridized carbons (Fsp3) is 0. The number of amides is 1. The van der Waals surface area contributed by atoms with Crippen molar-refractivity contribution in [1.29, 1.82) is 0 Å². The highest BCUT2D eigenvalue weighted by Crippen LogP contribution is 2.24. The lowest BCUT2D eigenvalue weighted by molar-refractivity contribution is -0.384. The van der Waals surface area contributed by atoms with Crippen molar-refractivity contribution < 1.29 is 18.5 Å². The van der Waals surface area contributed by atoms with Gasteiger partial charge in [-0.25, -0.2) is 9.82 Å². The normalized spacial score (nSPS) is 11.0. The molecule has 2 aromatic carbocycles. The van der Waals surface area contributed by atoms with Crippen molar-refractivity contribution >= 4 is 28.8 Å². The van der Waals surface area contributed by atoms with E-state index in [0.717, 1.165) is 0 Å². The van der Waals surface area contributed by atoms with Gasteiger partial charge in [0.25, 0.3) is 5.69 Å². The second-order valence-corrected chi connectivity index (χ2v) is 4.84. The van der Waals surface area contributed by atoms with Crippen molar-refractivity contribution in [2.45, 2.75) is 0 Å². The van der Waals surface area contributed by atoms with Crippen molar-refractivity contribution in [3.05, 3.63) is 75.8 Å². The Hall–Kier alpha value is -3.55. The number of nitrogens with one attached hydrogen (secondary N) is 1. The number of non-ortho nitro benzene ring substituents is 1. The molecule has 3 aromatic rings. The number of benzene rings is 2. The SMILES string of the molecule is O=C(N/N=C/c1ccc(F)cc1)c1cc2cc([N+](=O)[O-])ccc2o1. The molecule has 0 atom stereocenters. The van der Waals surface area contributed by atoms with E-state index in [1.165, 1.54) is 54.7 Å². The van der Waals surface area contributed by atoms with E-state index in [1.807, 2.05) is 0 Å². The zero-order chi connectivity index (χ0) is 17.1. The van der Waals surface area contributed by atoms with Crippen molar-refractivity contribution in [3.63, 3.8) is 0 Å². The molecule has 0 aliphatic heterocycles. The summed E-state index contributed by atoms with van der Waals surface area (Å²) < 4.78 is 18.1. The van der Waals surface area contributed by atoms with E-state index < -0.39 is 10.8 Å². The average molecular weight is 327 g/mol. The number of nitro benzene ring substituents is 1. The molecule has 0 bridgehead atoms. The van der Waals surface area contributed by atoms with E-state index in [2.05, 4.69) is 10.5 Å². The number of hydrogen-bond donors (Lipinski definition) is 1. The van der Waals surface area contributed by atoms with Gasteiger partial charge in [-0.2, -0.15) is 5.10 Å². The molecule has 3 rings (SSSR count). The van der Waals surface area contributed by atoms with Crippen LogP contribution in [0.1, 0.15) is 16.1 Å². The Morgan fingerprint density at radius 2 is 1.96 bits per heavy atom. The van der Waals surface area contributed by atoms with Crippen LogP contribution in [0, 0.1) is 15.9 Å². The third-order valence-electron chi connectivity index (χ3n) is 3.18. The molecule has 8 heteroatoms. The topological polar surface area (TPSA) is 97.7 Å². The minimum absolute atomic E-state index is 0.0262. The predicted molar refractivity (Wildman–Crippen MR) is 84.3 cm³/mol. The molecule has 0 aliphatic carbocycles. The van der Waals surface area contributed by atoms with Crippen LogP contribution in [-0.4, -0.2) is 17.0 Å². The Balaban J connectivity index is 1.73. The van der Waals surface area contributed by atoms with E-state index >= 15 is 0 Å². The molecule has 0 spiro atoms. The average Bonchev–Trinajstić information content (AvgIpc) is 2.99. The summed E-state index contributed by atoms with van der Waals surface area (Å²) in [6, 6.07) is 11.0. The zero-order valence-corrected chi connectivity index (χ0v) is 12.1. The standard InChI is InChI=1S/C16H10FN3O4/c17-12-3-1-10(2-4-12)9-18-19-16(21)15-8-11-7-13(20(22)23)5-6-14(11)24-15/h1-9H,(H,19,21)/b18-9+. The minimum atomic E-state index is -0.604. The van der Waals surface area contributed by atoms with E-state index in [9.17, 15) is 19.3 Å². The molecule has 0 saturated carbocycles. The van der Waals surface area contributed by atoms with Crippen molar-refractivity contribution in [2.24, 2.45) is 5.10 Å². The Morgan fingerprint density at radius 1 is 1.21 bits per heavy atom. The second kappa shape index (κ2) is 6.29. The van der Waals surface area contributed by atoms with Crippen molar-refractivity contribution in [1.82, 2.24) is 5.43 Å². The maximum atomic E-state index is 12.8.